The zero-order valence-electron chi connectivity index (χ0n) is 17.1. The van der Waals surface area contributed by atoms with Gasteiger partial charge in [-0.1, -0.05) is 42.5 Å². The quantitative estimate of drug-likeness (QED) is 0.464. The molecule has 0 unspecified atom stereocenters. The Morgan fingerprint density at radius 3 is 2.29 bits per heavy atom. The highest BCUT2D eigenvalue weighted by molar-refractivity contribution is 7.92. The van der Waals surface area contributed by atoms with Crippen LogP contribution in [0.1, 0.15) is 12.5 Å². The number of carbonyl (C=O) groups is 1. The van der Waals surface area contributed by atoms with Crippen molar-refractivity contribution in [2.45, 2.75) is 18.4 Å². The van der Waals surface area contributed by atoms with E-state index in [1.807, 2.05) is 18.2 Å². The van der Waals surface area contributed by atoms with Crippen molar-refractivity contribution in [3.05, 3.63) is 84.4 Å². The summed E-state index contributed by atoms with van der Waals surface area (Å²) < 4.78 is 39.0. The summed E-state index contributed by atoms with van der Waals surface area (Å²) in [6, 6.07) is 22.4. The van der Waals surface area contributed by atoms with Crippen LogP contribution in [0, 0.1) is 0 Å². The summed E-state index contributed by atoms with van der Waals surface area (Å²) in [4.78, 5) is 11.5. The highest BCUT2D eigenvalue weighted by Crippen LogP contribution is 2.30. The van der Waals surface area contributed by atoms with Crippen molar-refractivity contribution in [3.8, 4) is 11.5 Å². The molecule has 0 heterocycles. The number of carbonyl (C=O) groups excluding carboxylic acids is 1. The lowest BCUT2D eigenvalue weighted by molar-refractivity contribution is -0.142. The van der Waals surface area contributed by atoms with Gasteiger partial charge < -0.3 is 14.8 Å². The number of hydrogen-bond donors (Lipinski definition) is 2. The third-order valence-electron chi connectivity index (χ3n) is 4.24. The molecule has 7 nitrogen and oxygen atoms in total. The van der Waals surface area contributed by atoms with Gasteiger partial charge in [0.25, 0.3) is 10.0 Å². The van der Waals surface area contributed by atoms with Crippen molar-refractivity contribution in [2.75, 3.05) is 17.9 Å². The monoisotopic (exact) mass is 440 g/mol. The molecule has 0 aliphatic heterocycles. The fourth-order valence-corrected chi connectivity index (χ4v) is 3.84. The number of ether oxygens (including phenoxy) is 2. The number of para-hydroxylation sites is 3. The SMILES string of the molecule is CCOC(=O)CNCc1ccc(S(=O)(=O)Nc2ccccc2Oc2ccccc2)cc1. The Bertz CT molecular complexity index is 1100. The second kappa shape index (κ2) is 10.6. The number of hydrogen-bond acceptors (Lipinski definition) is 6. The highest BCUT2D eigenvalue weighted by atomic mass is 32.2. The van der Waals surface area contributed by atoms with Gasteiger partial charge in [-0.15, -0.1) is 0 Å². The zero-order valence-corrected chi connectivity index (χ0v) is 17.9. The van der Waals surface area contributed by atoms with Crippen molar-refractivity contribution < 1.29 is 22.7 Å². The molecule has 8 heteroatoms. The Hall–Kier alpha value is -3.36. The topological polar surface area (TPSA) is 93.7 Å². The van der Waals surface area contributed by atoms with Crippen molar-refractivity contribution in [1.82, 2.24) is 5.32 Å². The number of esters is 1. The maximum absolute atomic E-state index is 12.8. The lowest BCUT2D eigenvalue weighted by Crippen LogP contribution is -2.24. The fraction of sp³-hybridized carbons (Fsp3) is 0.174. The average molecular weight is 441 g/mol. The summed E-state index contributed by atoms with van der Waals surface area (Å²) >= 11 is 0. The summed E-state index contributed by atoms with van der Waals surface area (Å²) in [5, 5.41) is 2.96. The van der Waals surface area contributed by atoms with E-state index in [1.165, 1.54) is 12.1 Å². The van der Waals surface area contributed by atoms with E-state index in [9.17, 15) is 13.2 Å². The van der Waals surface area contributed by atoms with Gasteiger partial charge in [-0.2, -0.15) is 0 Å². The van der Waals surface area contributed by atoms with Crippen LogP contribution < -0.4 is 14.8 Å². The molecule has 2 N–H and O–H groups in total. The summed E-state index contributed by atoms with van der Waals surface area (Å²) in [7, 11) is -3.81. The van der Waals surface area contributed by atoms with Crippen LogP contribution in [0.15, 0.2) is 83.8 Å². The van der Waals surface area contributed by atoms with Gasteiger partial charge in [-0.3, -0.25) is 9.52 Å². The second-order valence-corrected chi connectivity index (χ2v) is 8.25. The first-order valence-corrected chi connectivity index (χ1v) is 11.3. The molecule has 0 aromatic heterocycles. The molecular formula is C23H24N2O5S. The summed E-state index contributed by atoms with van der Waals surface area (Å²) in [6.45, 7) is 2.59. The third-order valence-corrected chi connectivity index (χ3v) is 5.62. The molecule has 0 atom stereocenters. The van der Waals surface area contributed by atoms with Crippen molar-refractivity contribution in [1.29, 1.82) is 0 Å². The van der Waals surface area contributed by atoms with Crippen molar-refractivity contribution in [3.63, 3.8) is 0 Å². The highest BCUT2D eigenvalue weighted by Gasteiger charge is 2.17. The van der Waals surface area contributed by atoms with E-state index < -0.39 is 10.0 Å². The Balaban J connectivity index is 1.67. The molecule has 0 amide bonds. The van der Waals surface area contributed by atoms with E-state index >= 15 is 0 Å². The Kier molecular flexibility index (Phi) is 7.64. The minimum absolute atomic E-state index is 0.0909. The van der Waals surface area contributed by atoms with Gasteiger partial charge in [0.2, 0.25) is 0 Å². The Morgan fingerprint density at radius 2 is 1.58 bits per heavy atom. The van der Waals surface area contributed by atoms with E-state index in [1.54, 1.807) is 55.5 Å². The molecule has 3 rings (SSSR count). The van der Waals surface area contributed by atoms with Crippen LogP contribution in [0.2, 0.25) is 0 Å². The molecule has 0 aliphatic carbocycles. The summed E-state index contributed by atoms with van der Waals surface area (Å²) in [5.41, 5.74) is 1.18. The predicted molar refractivity (Wildman–Crippen MR) is 119 cm³/mol. The molecule has 0 aliphatic rings. The molecule has 0 saturated heterocycles. The second-order valence-electron chi connectivity index (χ2n) is 6.57. The van der Waals surface area contributed by atoms with Crippen LogP contribution in [0.25, 0.3) is 0 Å². The minimum atomic E-state index is -3.81. The van der Waals surface area contributed by atoms with Gasteiger partial charge in [0.05, 0.1) is 23.7 Å². The first-order valence-electron chi connectivity index (χ1n) is 9.78. The Labute approximate surface area is 182 Å². The largest absolute Gasteiger partial charge is 0.465 e. The van der Waals surface area contributed by atoms with Crippen molar-refractivity contribution >= 4 is 21.7 Å². The molecule has 31 heavy (non-hydrogen) atoms. The lowest BCUT2D eigenvalue weighted by atomic mass is 10.2. The Morgan fingerprint density at radius 1 is 0.903 bits per heavy atom. The number of nitrogens with one attached hydrogen (secondary N) is 2. The van der Waals surface area contributed by atoms with Crippen LogP contribution in [0.5, 0.6) is 11.5 Å². The molecule has 162 valence electrons. The third kappa shape index (κ3) is 6.56. The van der Waals surface area contributed by atoms with Gasteiger partial charge in [0.1, 0.15) is 5.75 Å². The number of benzene rings is 3. The van der Waals surface area contributed by atoms with Gasteiger partial charge in [-0.05, 0) is 48.9 Å². The number of sulfonamides is 1. The maximum atomic E-state index is 12.8. The molecule has 3 aromatic carbocycles. The van der Waals surface area contributed by atoms with Gasteiger partial charge in [-0.25, -0.2) is 8.42 Å². The number of anilines is 1. The van der Waals surface area contributed by atoms with Gasteiger partial charge >= 0.3 is 5.97 Å². The normalized spacial score (nSPS) is 11.0. The molecule has 3 aromatic rings. The summed E-state index contributed by atoms with van der Waals surface area (Å²) in [6.07, 6.45) is 0. The van der Waals surface area contributed by atoms with Gasteiger partial charge in [0, 0.05) is 6.54 Å². The van der Waals surface area contributed by atoms with Crippen molar-refractivity contribution in [2.24, 2.45) is 0 Å². The molecule has 0 bridgehead atoms. The van der Waals surface area contributed by atoms with E-state index in [4.69, 9.17) is 9.47 Å². The number of rotatable bonds is 10. The predicted octanol–water partition coefficient (Wildman–Crippen LogP) is 3.93. The molecule has 0 radical (unpaired) electrons. The van der Waals surface area contributed by atoms with E-state index in [0.29, 0.717) is 30.3 Å². The standard InChI is InChI=1S/C23H24N2O5S/c1-2-29-23(26)17-24-16-18-12-14-20(15-13-18)31(27,28)25-21-10-6-7-11-22(21)30-19-8-4-3-5-9-19/h3-15,24-25H,2,16-17H2,1H3. The first-order chi connectivity index (χ1) is 15.0. The molecule has 0 fully saturated rings. The smallest absolute Gasteiger partial charge is 0.319 e. The maximum Gasteiger partial charge on any atom is 0.319 e. The fourth-order valence-electron chi connectivity index (χ4n) is 2.77. The first kappa shape index (κ1) is 22.3. The van der Waals surface area contributed by atoms with Gasteiger partial charge in [0.15, 0.2) is 5.75 Å². The average Bonchev–Trinajstić information content (AvgIpc) is 2.76. The van der Waals surface area contributed by atoms with Crippen LogP contribution in [0.4, 0.5) is 5.69 Å². The minimum Gasteiger partial charge on any atom is -0.465 e. The molecule has 0 saturated carbocycles. The van der Waals surface area contributed by atoms with Crippen LogP contribution >= 0.6 is 0 Å². The van der Waals surface area contributed by atoms with Crippen LogP contribution in [0.3, 0.4) is 0 Å². The van der Waals surface area contributed by atoms with Crippen LogP contribution in [-0.4, -0.2) is 27.5 Å². The molecule has 0 spiro atoms. The van der Waals surface area contributed by atoms with Crippen LogP contribution in [-0.2, 0) is 26.1 Å². The van der Waals surface area contributed by atoms with E-state index in [0.717, 1.165) is 5.56 Å². The molecular weight excluding hydrogens is 416 g/mol. The zero-order chi connectivity index (χ0) is 22.1. The van der Waals surface area contributed by atoms with E-state index in [2.05, 4.69) is 10.0 Å². The lowest BCUT2D eigenvalue weighted by Gasteiger charge is -2.13. The van der Waals surface area contributed by atoms with E-state index in [-0.39, 0.29) is 17.4 Å². The summed E-state index contributed by atoms with van der Waals surface area (Å²) in [5.74, 6) is 0.674.